The fourth-order valence-electron chi connectivity index (χ4n) is 1.08. The lowest BCUT2D eigenvalue weighted by Gasteiger charge is -2.06. The van der Waals surface area contributed by atoms with Crippen LogP contribution in [0.5, 0.6) is 0 Å². The molecule has 0 fully saturated rings. The van der Waals surface area contributed by atoms with E-state index in [1.165, 1.54) is 0 Å². The van der Waals surface area contributed by atoms with Crippen molar-refractivity contribution < 1.29 is 0 Å². The monoisotopic (exact) mass is 256 g/mol. The minimum Gasteiger partial charge on any atom is -0.197 e. The van der Waals surface area contributed by atoms with E-state index in [4.69, 9.17) is 33.7 Å². The first-order chi connectivity index (χ1) is 7.17. The predicted octanol–water partition coefficient (Wildman–Crippen LogP) is 3.64. The smallest absolute Gasteiger partial charge is 0.134 e. The summed E-state index contributed by atoms with van der Waals surface area (Å²) >= 11 is 12.7. The van der Waals surface area contributed by atoms with E-state index < -0.39 is 5.25 Å². The number of thioether (sulfide) groups is 1. The van der Waals surface area contributed by atoms with E-state index in [1.54, 1.807) is 18.2 Å². The molecule has 0 N–H and O–H groups in total. The molecule has 5 heteroatoms. The van der Waals surface area contributed by atoms with Crippen molar-refractivity contribution in [2.45, 2.75) is 11.7 Å². The summed E-state index contributed by atoms with van der Waals surface area (Å²) in [7, 11) is 0. The van der Waals surface area contributed by atoms with Gasteiger partial charge in [0.15, 0.2) is 0 Å². The molecule has 0 aliphatic carbocycles. The minimum atomic E-state index is -0.411. The summed E-state index contributed by atoms with van der Waals surface area (Å²) in [6.07, 6.45) is 0.425. The largest absolute Gasteiger partial charge is 0.197 e. The SMILES string of the molecule is N#CSC(C#N)Cc1cc(Cl)ccc1Cl. The van der Waals surface area contributed by atoms with Crippen molar-refractivity contribution in [3.63, 3.8) is 0 Å². The van der Waals surface area contributed by atoms with Gasteiger partial charge in [-0.25, -0.2) is 0 Å². The van der Waals surface area contributed by atoms with Gasteiger partial charge < -0.3 is 0 Å². The number of hydrogen-bond donors (Lipinski definition) is 0. The maximum atomic E-state index is 8.78. The van der Waals surface area contributed by atoms with Crippen LogP contribution in [0.15, 0.2) is 18.2 Å². The summed E-state index contributed by atoms with van der Waals surface area (Å²) in [6.45, 7) is 0. The van der Waals surface area contributed by atoms with Crippen LogP contribution in [-0.4, -0.2) is 5.25 Å². The average molecular weight is 257 g/mol. The van der Waals surface area contributed by atoms with Crippen LogP contribution in [0, 0.1) is 22.0 Å². The summed E-state index contributed by atoms with van der Waals surface area (Å²) in [5, 5.41) is 19.9. The quantitative estimate of drug-likeness (QED) is 0.776. The molecule has 0 bridgehead atoms. The second-order valence-electron chi connectivity index (χ2n) is 2.77. The van der Waals surface area contributed by atoms with Gasteiger partial charge in [-0.1, -0.05) is 23.2 Å². The van der Waals surface area contributed by atoms with Gasteiger partial charge in [0.2, 0.25) is 0 Å². The van der Waals surface area contributed by atoms with Crippen LogP contribution in [0.3, 0.4) is 0 Å². The summed E-state index contributed by atoms with van der Waals surface area (Å²) in [6, 6.07) is 7.12. The molecule has 15 heavy (non-hydrogen) atoms. The van der Waals surface area contributed by atoms with Crippen molar-refractivity contribution >= 4 is 35.0 Å². The number of halogens is 2. The van der Waals surface area contributed by atoms with Crippen LogP contribution < -0.4 is 0 Å². The van der Waals surface area contributed by atoms with Gasteiger partial charge in [0.25, 0.3) is 0 Å². The molecule has 0 aliphatic heterocycles. The number of nitriles is 2. The fourth-order valence-corrected chi connectivity index (χ4v) is 1.91. The van der Waals surface area contributed by atoms with Crippen LogP contribution >= 0.6 is 35.0 Å². The van der Waals surface area contributed by atoms with Crippen molar-refractivity contribution in [1.82, 2.24) is 0 Å². The third-order valence-electron chi connectivity index (χ3n) is 1.75. The highest BCUT2D eigenvalue weighted by molar-refractivity contribution is 8.04. The minimum absolute atomic E-state index is 0.411. The molecule has 0 heterocycles. The van der Waals surface area contributed by atoms with Gasteiger partial charge in [0, 0.05) is 10.0 Å². The van der Waals surface area contributed by atoms with Crippen molar-refractivity contribution in [2.75, 3.05) is 0 Å². The van der Waals surface area contributed by atoms with Gasteiger partial charge in [-0.05, 0) is 41.9 Å². The summed E-state index contributed by atoms with van der Waals surface area (Å²) in [4.78, 5) is 0. The molecule has 1 atom stereocenters. The number of hydrogen-bond acceptors (Lipinski definition) is 3. The molecule has 0 saturated carbocycles. The zero-order chi connectivity index (χ0) is 11.3. The van der Waals surface area contributed by atoms with E-state index >= 15 is 0 Å². The Kier molecular flexibility index (Phi) is 4.78. The molecule has 0 amide bonds. The molecule has 0 aliphatic rings. The summed E-state index contributed by atoms with van der Waals surface area (Å²) in [5.74, 6) is 0. The highest BCUT2D eigenvalue weighted by Crippen LogP contribution is 2.24. The van der Waals surface area contributed by atoms with Crippen LogP contribution in [0.2, 0.25) is 10.0 Å². The molecular weight excluding hydrogens is 251 g/mol. The molecule has 1 rings (SSSR count). The normalized spacial score (nSPS) is 11.5. The Morgan fingerprint density at radius 3 is 2.67 bits per heavy atom. The Bertz CT molecular complexity index is 434. The Labute approximate surface area is 102 Å². The van der Waals surface area contributed by atoms with Gasteiger partial charge in [-0.2, -0.15) is 10.5 Å². The Morgan fingerprint density at radius 2 is 2.07 bits per heavy atom. The highest BCUT2D eigenvalue weighted by Gasteiger charge is 2.11. The van der Waals surface area contributed by atoms with E-state index in [0.717, 1.165) is 17.3 Å². The van der Waals surface area contributed by atoms with Crippen molar-refractivity contribution in [3.05, 3.63) is 33.8 Å². The van der Waals surface area contributed by atoms with E-state index in [2.05, 4.69) is 0 Å². The second-order valence-corrected chi connectivity index (χ2v) is 4.60. The molecule has 0 radical (unpaired) electrons. The molecule has 1 aromatic carbocycles. The molecular formula is C10H6Cl2N2S. The Balaban J connectivity index is 2.84. The number of nitrogens with zero attached hydrogens (tertiary/aromatic N) is 2. The van der Waals surface area contributed by atoms with Crippen LogP contribution in [0.25, 0.3) is 0 Å². The summed E-state index contributed by atoms with van der Waals surface area (Å²) in [5.41, 5.74) is 0.790. The molecule has 1 unspecified atom stereocenters. The van der Waals surface area contributed by atoms with E-state index in [-0.39, 0.29) is 0 Å². The van der Waals surface area contributed by atoms with E-state index in [1.807, 2.05) is 11.5 Å². The predicted molar refractivity (Wildman–Crippen MR) is 62.8 cm³/mol. The molecule has 0 aromatic heterocycles. The van der Waals surface area contributed by atoms with Crippen LogP contribution in [0.1, 0.15) is 5.56 Å². The molecule has 1 aromatic rings. The lowest BCUT2D eigenvalue weighted by atomic mass is 10.1. The van der Waals surface area contributed by atoms with Gasteiger partial charge in [-0.3, -0.25) is 0 Å². The zero-order valence-corrected chi connectivity index (χ0v) is 9.90. The van der Waals surface area contributed by atoms with Gasteiger partial charge in [0.1, 0.15) is 10.7 Å². The molecule has 2 nitrogen and oxygen atoms in total. The van der Waals surface area contributed by atoms with E-state index in [9.17, 15) is 0 Å². The number of benzene rings is 1. The maximum absolute atomic E-state index is 8.78. The third kappa shape index (κ3) is 3.64. The first kappa shape index (κ1) is 12.2. The molecule has 0 spiro atoms. The fraction of sp³-hybridized carbons (Fsp3) is 0.200. The standard InChI is InChI=1S/C10H6Cl2N2S/c11-8-1-2-10(12)7(3-8)4-9(5-13)15-6-14/h1-3,9H,4H2. The van der Waals surface area contributed by atoms with Crippen molar-refractivity contribution in [2.24, 2.45) is 0 Å². The number of thiocyanates is 1. The average Bonchev–Trinajstić information content (AvgIpc) is 2.22. The third-order valence-corrected chi connectivity index (χ3v) is 3.02. The summed E-state index contributed by atoms with van der Waals surface area (Å²) < 4.78 is 0. The number of rotatable bonds is 3. The van der Waals surface area contributed by atoms with Gasteiger partial charge in [-0.15, -0.1) is 0 Å². The maximum Gasteiger partial charge on any atom is 0.134 e. The van der Waals surface area contributed by atoms with E-state index in [0.29, 0.717) is 16.5 Å². The zero-order valence-electron chi connectivity index (χ0n) is 7.58. The highest BCUT2D eigenvalue weighted by atomic mass is 35.5. The topological polar surface area (TPSA) is 47.6 Å². The van der Waals surface area contributed by atoms with Gasteiger partial charge >= 0.3 is 0 Å². The van der Waals surface area contributed by atoms with Crippen LogP contribution in [0.4, 0.5) is 0 Å². The lowest BCUT2D eigenvalue weighted by molar-refractivity contribution is 1.03. The first-order valence-corrected chi connectivity index (χ1v) is 5.69. The lowest BCUT2D eigenvalue weighted by Crippen LogP contribution is -2.03. The molecule has 76 valence electrons. The first-order valence-electron chi connectivity index (χ1n) is 4.05. The Hall–Kier alpha value is -0.870. The second kappa shape index (κ2) is 5.88. The Morgan fingerprint density at radius 1 is 1.33 bits per heavy atom. The van der Waals surface area contributed by atoms with Crippen molar-refractivity contribution in [3.8, 4) is 11.5 Å². The molecule has 0 saturated heterocycles. The van der Waals surface area contributed by atoms with Crippen LogP contribution in [-0.2, 0) is 6.42 Å². The van der Waals surface area contributed by atoms with Gasteiger partial charge in [0.05, 0.1) is 6.07 Å². The van der Waals surface area contributed by atoms with Crippen molar-refractivity contribution in [1.29, 1.82) is 10.5 Å².